The van der Waals surface area contributed by atoms with Gasteiger partial charge in [-0.25, -0.2) is 19.2 Å². The molecule has 1 fully saturated rings. The van der Waals surface area contributed by atoms with Gasteiger partial charge in [0.15, 0.2) is 19.7 Å². The number of carbonyl (C=O) groups excluding carboxylic acids is 2. The Bertz CT molecular complexity index is 1620. The summed E-state index contributed by atoms with van der Waals surface area (Å²) >= 11 is 0. The van der Waals surface area contributed by atoms with Crippen LogP contribution in [-0.4, -0.2) is 58.3 Å². The molecule has 1 amide bonds. The number of piperidine rings is 1. The van der Waals surface area contributed by atoms with Crippen LogP contribution in [0, 0.1) is 5.82 Å². The molecule has 0 N–H and O–H groups in total. The monoisotopic (exact) mass is 616 g/mol. The third-order valence-electron chi connectivity index (χ3n) is 8.81. The van der Waals surface area contributed by atoms with Crippen LogP contribution in [0.25, 0.3) is 22.4 Å². The molecular weight excluding hydrogens is 575 g/mol. The summed E-state index contributed by atoms with van der Waals surface area (Å²) < 4.78 is 28.8. The fourth-order valence-electron chi connectivity index (χ4n) is 5.35. The number of rotatable bonds is 9. The van der Waals surface area contributed by atoms with E-state index in [1.54, 1.807) is 46.1 Å². The molecule has 44 heavy (non-hydrogen) atoms. The molecule has 4 aromatic rings. The first-order valence-electron chi connectivity index (χ1n) is 15.2. The molecule has 5 rings (SSSR count). The summed E-state index contributed by atoms with van der Waals surface area (Å²) in [7, 11) is -2.21. The number of aromatic nitrogens is 3. The van der Waals surface area contributed by atoms with E-state index in [2.05, 4.69) is 43.8 Å². The summed E-state index contributed by atoms with van der Waals surface area (Å²) in [5.74, 6) is -0.454. The Kier molecular flexibility index (Phi) is 9.31. The molecule has 2 atom stereocenters. The lowest BCUT2D eigenvalue weighted by Crippen LogP contribution is -2.56. The van der Waals surface area contributed by atoms with Crippen molar-refractivity contribution in [2.24, 2.45) is 0 Å². The van der Waals surface area contributed by atoms with Crippen molar-refractivity contribution >= 4 is 31.4 Å². The van der Waals surface area contributed by atoms with E-state index >= 15 is 0 Å². The van der Waals surface area contributed by atoms with Gasteiger partial charge in [-0.15, -0.1) is 0 Å². The molecule has 232 valence electrons. The predicted octanol–water partition coefficient (Wildman–Crippen LogP) is 7.39. The number of likely N-dealkylation sites (tertiary alicyclic amines) is 1. The van der Waals surface area contributed by atoms with Crippen molar-refractivity contribution in [3.8, 4) is 11.3 Å². The lowest BCUT2D eigenvalue weighted by molar-refractivity contribution is -0.122. The van der Waals surface area contributed by atoms with Gasteiger partial charge in [0.1, 0.15) is 17.9 Å². The van der Waals surface area contributed by atoms with Crippen molar-refractivity contribution in [2.45, 2.75) is 83.5 Å². The Morgan fingerprint density at radius 1 is 1.02 bits per heavy atom. The Morgan fingerprint density at radius 3 is 2.48 bits per heavy atom. The number of carbonyl (C=O) groups is 2. The lowest BCUT2D eigenvalue weighted by Gasteiger charge is -2.46. The molecule has 8 nitrogen and oxygen atoms in total. The van der Waals surface area contributed by atoms with E-state index < -0.39 is 20.5 Å². The third kappa shape index (κ3) is 7.08. The van der Waals surface area contributed by atoms with Gasteiger partial charge in [-0.2, -0.15) is 0 Å². The molecule has 10 heteroatoms. The number of halogens is 1. The first-order valence-corrected chi connectivity index (χ1v) is 18.1. The summed E-state index contributed by atoms with van der Waals surface area (Å²) in [5, 5.41) is -0.0328. The highest BCUT2D eigenvalue weighted by Crippen LogP contribution is 2.39. The fraction of sp³-hybridized carbons (Fsp3) is 0.412. The van der Waals surface area contributed by atoms with Crippen molar-refractivity contribution in [3.05, 3.63) is 84.4 Å². The van der Waals surface area contributed by atoms with Gasteiger partial charge in [-0.1, -0.05) is 63.2 Å². The zero-order valence-electron chi connectivity index (χ0n) is 26.1. The predicted molar refractivity (Wildman–Crippen MR) is 171 cm³/mol. The summed E-state index contributed by atoms with van der Waals surface area (Å²) in [4.78, 5) is 37.9. The number of hydrogen-bond acceptors (Lipinski definition) is 6. The van der Waals surface area contributed by atoms with E-state index in [0.717, 1.165) is 18.4 Å². The molecule has 1 aliphatic rings. The van der Waals surface area contributed by atoms with Gasteiger partial charge in [-0.05, 0) is 60.8 Å². The lowest BCUT2D eigenvalue weighted by atomic mass is 9.95. The highest BCUT2D eigenvalue weighted by Gasteiger charge is 2.44. The Balaban J connectivity index is 1.37. The minimum absolute atomic E-state index is 0.0143. The molecule has 0 unspecified atom stereocenters. The number of nitrogens with zero attached hydrogens (tertiary/aromatic N) is 4. The first-order chi connectivity index (χ1) is 20.9. The van der Waals surface area contributed by atoms with Gasteiger partial charge in [0.25, 0.3) is 0 Å². The number of pyridine rings is 1. The van der Waals surface area contributed by atoms with Crippen LogP contribution in [0.5, 0.6) is 0 Å². The minimum Gasteiger partial charge on any atom is -0.445 e. The maximum Gasteiger partial charge on any atom is 0.410 e. The van der Waals surface area contributed by atoms with Crippen LogP contribution in [0.4, 0.5) is 9.18 Å². The molecule has 0 aliphatic carbocycles. The molecule has 0 spiro atoms. The number of imidazole rings is 1. The number of fused-ring (bicyclic) bond motifs is 1. The number of hydrogen-bond donors (Lipinski definition) is 0. The molecule has 1 saturated heterocycles. The van der Waals surface area contributed by atoms with E-state index in [9.17, 15) is 14.0 Å². The summed E-state index contributed by atoms with van der Waals surface area (Å²) in [6.45, 7) is 11.6. The molecule has 2 aromatic heterocycles. The molecule has 1 aliphatic heterocycles. The molecule has 2 aromatic carbocycles. The number of amides is 1. The fourth-order valence-corrected chi connectivity index (χ4v) is 6.73. The quantitative estimate of drug-likeness (QED) is 0.182. The van der Waals surface area contributed by atoms with Crippen molar-refractivity contribution in [2.75, 3.05) is 6.54 Å². The molecule has 3 heterocycles. The van der Waals surface area contributed by atoms with Crippen molar-refractivity contribution in [1.29, 1.82) is 0 Å². The van der Waals surface area contributed by atoms with Crippen LogP contribution in [0.2, 0.25) is 18.1 Å². The van der Waals surface area contributed by atoms with Crippen LogP contribution in [0.3, 0.4) is 0 Å². The highest BCUT2D eigenvalue weighted by atomic mass is 28.4. The maximum absolute atomic E-state index is 14.5. The Hall–Kier alpha value is -3.89. The van der Waals surface area contributed by atoms with Crippen LogP contribution in [0.1, 0.15) is 45.6 Å². The van der Waals surface area contributed by atoms with Crippen molar-refractivity contribution in [3.63, 3.8) is 0 Å². The zero-order chi connectivity index (χ0) is 31.5. The van der Waals surface area contributed by atoms with Gasteiger partial charge in [-0.3, -0.25) is 4.79 Å². The SMILES string of the molecule is CC(C)(C)[Si](C)(C)O[C@H]1CCCN(C(=O)OCc2ccccc2)[C@@H]1CC(=O)Cn1cnc2ccc(-c3ccccc3F)nc21. The Labute approximate surface area is 259 Å². The number of Topliss-reactive ketones (excluding diaryl/α,β-unsaturated/α-hetero) is 1. The van der Waals surface area contributed by atoms with Gasteiger partial charge in [0, 0.05) is 18.5 Å². The van der Waals surface area contributed by atoms with E-state index in [1.807, 2.05) is 30.3 Å². The normalized spacial score (nSPS) is 17.5. The van der Waals surface area contributed by atoms with E-state index in [0.29, 0.717) is 29.0 Å². The van der Waals surface area contributed by atoms with E-state index in [4.69, 9.17) is 9.16 Å². The minimum atomic E-state index is -2.21. The van der Waals surface area contributed by atoms with Crippen LogP contribution < -0.4 is 0 Å². The molecule has 0 radical (unpaired) electrons. The first kappa shape index (κ1) is 31.5. The molecule has 0 bridgehead atoms. The van der Waals surface area contributed by atoms with Gasteiger partial charge in [0.05, 0.1) is 30.7 Å². The second kappa shape index (κ2) is 13.0. The van der Waals surface area contributed by atoms with Crippen LogP contribution in [0.15, 0.2) is 73.1 Å². The second-order valence-electron chi connectivity index (χ2n) is 13.0. The maximum atomic E-state index is 14.5. The van der Waals surface area contributed by atoms with Crippen LogP contribution >= 0.6 is 0 Å². The zero-order valence-corrected chi connectivity index (χ0v) is 27.1. The number of benzene rings is 2. The summed E-state index contributed by atoms with van der Waals surface area (Å²) in [5.41, 5.74) is 2.85. The highest BCUT2D eigenvalue weighted by molar-refractivity contribution is 6.74. The smallest absolute Gasteiger partial charge is 0.410 e. The van der Waals surface area contributed by atoms with Crippen molar-refractivity contribution in [1.82, 2.24) is 19.4 Å². The summed E-state index contributed by atoms with van der Waals surface area (Å²) in [6, 6.07) is 19.0. The summed E-state index contributed by atoms with van der Waals surface area (Å²) in [6.07, 6.45) is 2.47. The Morgan fingerprint density at radius 2 is 1.75 bits per heavy atom. The van der Waals surface area contributed by atoms with Crippen molar-refractivity contribution < 1.29 is 23.1 Å². The second-order valence-corrected chi connectivity index (χ2v) is 17.8. The van der Waals surface area contributed by atoms with Gasteiger partial charge in [0.2, 0.25) is 0 Å². The molecule has 0 saturated carbocycles. The average molecular weight is 617 g/mol. The number of ketones is 1. The largest absolute Gasteiger partial charge is 0.445 e. The van der Waals surface area contributed by atoms with Gasteiger partial charge < -0.3 is 18.6 Å². The standard InChI is InChI=1S/C34H41FN4O4Si/c1-34(2,3)44(4,5)43-31-16-11-19-39(33(41)42-22-24-12-7-6-8-13-24)30(31)20-25(40)21-38-23-36-29-18-17-28(37-32(29)38)26-14-9-10-15-27(26)35/h6-10,12-15,17-18,23,30-31H,11,16,19-22H2,1-5H3/t30-,31+/m1/s1. The average Bonchev–Trinajstić information content (AvgIpc) is 3.38. The topological polar surface area (TPSA) is 86.5 Å². The van der Waals surface area contributed by atoms with Crippen LogP contribution in [-0.2, 0) is 27.1 Å². The van der Waals surface area contributed by atoms with E-state index in [-0.39, 0.29) is 42.3 Å². The van der Waals surface area contributed by atoms with Gasteiger partial charge >= 0.3 is 6.09 Å². The third-order valence-corrected chi connectivity index (χ3v) is 13.3. The van der Waals surface area contributed by atoms with E-state index in [1.165, 1.54) is 6.07 Å². The molecular formula is C34H41FN4O4Si. The number of ether oxygens (including phenoxy) is 1.